The number of nitrogens with one attached hydrogen (secondary N) is 1. The van der Waals surface area contributed by atoms with Crippen LogP contribution in [0.3, 0.4) is 0 Å². The lowest BCUT2D eigenvalue weighted by molar-refractivity contribution is -0.286. The van der Waals surface area contributed by atoms with Crippen LogP contribution < -0.4 is 14.8 Å². The molecule has 1 fully saturated rings. The van der Waals surface area contributed by atoms with Crippen molar-refractivity contribution in [2.75, 3.05) is 18.4 Å². The van der Waals surface area contributed by atoms with Gasteiger partial charge >= 0.3 is 6.29 Å². The summed E-state index contributed by atoms with van der Waals surface area (Å²) in [5, 5.41) is 3.25. The first-order chi connectivity index (χ1) is 11.9. The second-order valence-corrected chi connectivity index (χ2v) is 7.25. The summed E-state index contributed by atoms with van der Waals surface area (Å²) in [6, 6.07) is 2.61. The number of alkyl halides is 2. The van der Waals surface area contributed by atoms with Gasteiger partial charge in [0.1, 0.15) is 0 Å². The molecule has 2 aliphatic rings. The second-order valence-electron chi connectivity index (χ2n) is 6.22. The summed E-state index contributed by atoms with van der Waals surface area (Å²) < 4.78 is 35.7. The highest BCUT2D eigenvalue weighted by atomic mass is 32.1. The Morgan fingerprint density at radius 1 is 1.28 bits per heavy atom. The number of amides is 1. The van der Waals surface area contributed by atoms with E-state index in [1.165, 1.54) is 29.9 Å². The number of anilines is 1. The maximum atomic E-state index is 13.1. The molecule has 1 saturated heterocycles. The predicted octanol–water partition coefficient (Wildman–Crippen LogP) is 3.43. The van der Waals surface area contributed by atoms with E-state index in [-0.39, 0.29) is 23.4 Å². The Labute approximate surface area is 146 Å². The van der Waals surface area contributed by atoms with E-state index in [1.54, 1.807) is 0 Å². The Morgan fingerprint density at radius 2 is 1.96 bits per heavy atom. The topological polar surface area (TPSA) is 63.7 Å². The van der Waals surface area contributed by atoms with Crippen LogP contribution in [0.5, 0.6) is 11.5 Å². The molecular weight excluding hydrogens is 352 g/mol. The van der Waals surface area contributed by atoms with Crippen LogP contribution in [-0.2, 0) is 4.79 Å². The molecule has 134 valence electrons. The lowest BCUT2D eigenvalue weighted by Crippen LogP contribution is -2.44. The maximum Gasteiger partial charge on any atom is 0.586 e. The Balaban J connectivity index is 1.50. The Hall–Kier alpha value is -2.00. The van der Waals surface area contributed by atoms with Gasteiger partial charge in [0, 0.05) is 12.1 Å². The fourth-order valence-electron chi connectivity index (χ4n) is 3.11. The monoisotopic (exact) mass is 369 g/mol. The number of ether oxygens (including phenoxy) is 2. The molecule has 0 unspecified atom stereocenters. The standard InChI is InChI=1S/C16H17F2N3O3S/c1-9(21-5-3-2-4-6-21)14(22)20-15-19-10-7-11-12(8-13(10)25-15)24-16(17,18)23-11/h7-9H,2-6H2,1H3,(H,19,20,22)/t9-/m0/s1. The van der Waals surface area contributed by atoms with Crippen molar-refractivity contribution >= 4 is 32.6 Å². The van der Waals surface area contributed by atoms with Crippen molar-refractivity contribution in [3.05, 3.63) is 12.1 Å². The molecule has 6 nitrogen and oxygen atoms in total. The third kappa shape index (κ3) is 3.25. The predicted molar refractivity (Wildman–Crippen MR) is 89.3 cm³/mol. The molecule has 1 atom stereocenters. The Kier molecular flexibility index (Phi) is 3.99. The van der Waals surface area contributed by atoms with E-state index in [0.29, 0.717) is 15.3 Å². The van der Waals surface area contributed by atoms with Gasteiger partial charge in [-0.25, -0.2) is 4.98 Å². The number of hydrogen-bond acceptors (Lipinski definition) is 6. The van der Waals surface area contributed by atoms with Crippen LogP contribution in [0.4, 0.5) is 13.9 Å². The molecule has 1 aromatic carbocycles. The summed E-state index contributed by atoms with van der Waals surface area (Å²) in [5.41, 5.74) is 0.478. The van der Waals surface area contributed by atoms with Crippen LogP contribution in [0, 0.1) is 0 Å². The highest BCUT2D eigenvalue weighted by Gasteiger charge is 2.43. The summed E-state index contributed by atoms with van der Waals surface area (Å²) in [5.74, 6) is -0.199. The minimum absolute atomic E-state index is 0.0271. The average Bonchev–Trinajstić information content (AvgIpc) is 3.09. The molecule has 2 aromatic rings. The molecule has 4 rings (SSSR count). The zero-order valence-corrected chi connectivity index (χ0v) is 14.4. The van der Waals surface area contributed by atoms with Gasteiger partial charge in [-0.15, -0.1) is 8.78 Å². The van der Waals surface area contributed by atoms with Crippen LogP contribution >= 0.6 is 11.3 Å². The van der Waals surface area contributed by atoms with Crippen LogP contribution in [0.25, 0.3) is 10.2 Å². The lowest BCUT2D eigenvalue weighted by atomic mass is 10.1. The van der Waals surface area contributed by atoms with Gasteiger partial charge in [-0.2, -0.15) is 0 Å². The summed E-state index contributed by atoms with van der Waals surface area (Å²) in [7, 11) is 0. The summed E-state index contributed by atoms with van der Waals surface area (Å²) in [6.07, 6.45) is -0.229. The molecule has 0 saturated carbocycles. The van der Waals surface area contributed by atoms with Crippen LogP contribution in [0.2, 0.25) is 0 Å². The van der Waals surface area contributed by atoms with Gasteiger partial charge in [0.2, 0.25) is 5.91 Å². The fraction of sp³-hybridized carbons (Fsp3) is 0.500. The second kappa shape index (κ2) is 6.06. The highest BCUT2D eigenvalue weighted by molar-refractivity contribution is 7.22. The van der Waals surface area contributed by atoms with Crippen LogP contribution in [0.15, 0.2) is 12.1 Å². The molecule has 0 spiro atoms. The smallest absolute Gasteiger partial charge is 0.395 e. The number of likely N-dealkylation sites (tertiary alicyclic amines) is 1. The van der Waals surface area contributed by atoms with E-state index in [9.17, 15) is 13.6 Å². The lowest BCUT2D eigenvalue weighted by Gasteiger charge is -2.31. The molecule has 1 amide bonds. The van der Waals surface area contributed by atoms with Gasteiger partial charge in [-0.05, 0) is 32.9 Å². The number of benzene rings is 1. The molecule has 1 N–H and O–H groups in total. The minimum atomic E-state index is -3.65. The van der Waals surface area contributed by atoms with Crippen LogP contribution in [-0.4, -0.2) is 41.2 Å². The average molecular weight is 369 g/mol. The van der Waals surface area contributed by atoms with Gasteiger partial charge in [0.15, 0.2) is 16.6 Å². The van der Waals surface area contributed by atoms with E-state index in [0.717, 1.165) is 25.9 Å². The molecule has 0 radical (unpaired) electrons. The first-order valence-corrected chi connectivity index (χ1v) is 8.98. The maximum absolute atomic E-state index is 13.1. The van der Waals surface area contributed by atoms with Crippen LogP contribution in [0.1, 0.15) is 26.2 Å². The van der Waals surface area contributed by atoms with Crippen molar-refractivity contribution in [3.8, 4) is 11.5 Å². The summed E-state index contributed by atoms with van der Waals surface area (Å²) in [4.78, 5) is 18.9. The Bertz CT molecular complexity index is 775. The van der Waals surface area contributed by atoms with E-state index in [4.69, 9.17) is 0 Å². The number of carbonyl (C=O) groups excluding carboxylic acids is 1. The van der Waals surface area contributed by atoms with Gasteiger partial charge in [-0.1, -0.05) is 17.8 Å². The zero-order valence-electron chi connectivity index (χ0n) is 13.6. The normalized spacial score (nSPS) is 20.6. The SMILES string of the molecule is C[C@@H](C(=O)Nc1nc2cc3c(cc2s1)OC(F)(F)O3)N1CCCCC1. The Morgan fingerprint density at radius 3 is 2.68 bits per heavy atom. The van der Waals surface area contributed by atoms with E-state index in [1.807, 2.05) is 6.92 Å². The van der Waals surface area contributed by atoms with Gasteiger partial charge in [0.25, 0.3) is 0 Å². The first-order valence-electron chi connectivity index (χ1n) is 8.17. The molecule has 9 heteroatoms. The van der Waals surface area contributed by atoms with Gasteiger partial charge in [-0.3, -0.25) is 9.69 Å². The van der Waals surface area contributed by atoms with Crippen molar-refractivity contribution in [3.63, 3.8) is 0 Å². The van der Waals surface area contributed by atoms with E-state index < -0.39 is 6.29 Å². The largest absolute Gasteiger partial charge is 0.586 e. The molecule has 1 aromatic heterocycles. The molecular formula is C16H17F2N3O3S. The number of thiazole rings is 1. The van der Waals surface area contributed by atoms with E-state index in [2.05, 4.69) is 24.7 Å². The number of nitrogens with zero attached hydrogens (tertiary/aromatic N) is 2. The summed E-state index contributed by atoms with van der Waals surface area (Å²) in [6.45, 7) is 3.72. The number of halogens is 2. The van der Waals surface area contributed by atoms with Crippen molar-refractivity contribution in [1.29, 1.82) is 0 Å². The third-order valence-electron chi connectivity index (χ3n) is 4.46. The van der Waals surface area contributed by atoms with Crippen molar-refractivity contribution in [1.82, 2.24) is 9.88 Å². The molecule has 0 bridgehead atoms. The number of carbonyl (C=O) groups is 1. The third-order valence-corrected chi connectivity index (χ3v) is 5.39. The van der Waals surface area contributed by atoms with Crippen molar-refractivity contribution in [2.45, 2.75) is 38.5 Å². The van der Waals surface area contributed by atoms with E-state index >= 15 is 0 Å². The number of fused-ring (bicyclic) bond motifs is 2. The molecule has 0 aliphatic carbocycles. The number of rotatable bonds is 3. The molecule has 3 heterocycles. The highest BCUT2D eigenvalue weighted by Crippen LogP contribution is 2.44. The fourth-order valence-corrected chi connectivity index (χ4v) is 3.99. The van der Waals surface area contributed by atoms with Crippen molar-refractivity contribution in [2.24, 2.45) is 0 Å². The summed E-state index contributed by atoms with van der Waals surface area (Å²) >= 11 is 1.21. The quantitative estimate of drug-likeness (QED) is 0.898. The molecule has 25 heavy (non-hydrogen) atoms. The number of aromatic nitrogens is 1. The number of hydrogen-bond donors (Lipinski definition) is 1. The van der Waals surface area contributed by atoms with Crippen molar-refractivity contribution < 1.29 is 23.0 Å². The molecule has 2 aliphatic heterocycles. The minimum Gasteiger partial charge on any atom is -0.395 e. The van der Waals surface area contributed by atoms with Gasteiger partial charge < -0.3 is 14.8 Å². The zero-order chi connectivity index (χ0) is 17.6. The first kappa shape index (κ1) is 16.5. The van der Waals surface area contributed by atoms with Gasteiger partial charge in [0.05, 0.1) is 16.3 Å². The number of piperidine rings is 1.